The first-order chi connectivity index (χ1) is 10.8. The molecule has 0 aliphatic rings. The fourth-order valence-electron chi connectivity index (χ4n) is 2.11. The van der Waals surface area contributed by atoms with Gasteiger partial charge in [-0.15, -0.1) is 0 Å². The normalized spacial score (nSPS) is 12.8. The summed E-state index contributed by atoms with van der Waals surface area (Å²) in [5.41, 5.74) is 2.31. The Hall–Kier alpha value is -2.15. The first-order valence-electron chi connectivity index (χ1n) is 7.25. The van der Waals surface area contributed by atoms with E-state index >= 15 is 0 Å². The van der Waals surface area contributed by atoms with Gasteiger partial charge in [0.05, 0.1) is 11.4 Å². The van der Waals surface area contributed by atoms with Crippen molar-refractivity contribution < 1.29 is 17.7 Å². The van der Waals surface area contributed by atoms with Gasteiger partial charge >= 0.3 is 0 Å². The number of aryl methyl sites for hydroxylation is 2. The van der Waals surface area contributed by atoms with Crippen molar-refractivity contribution in [2.24, 2.45) is 0 Å². The highest BCUT2D eigenvalue weighted by Crippen LogP contribution is 2.12. The van der Waals surface area contributed by atoms with Crippen molar-refractivity contribution in [1.29, 1.82) is 0 Å². The second kappa shape index (κ2) is 6.95. The number of carbonyl (C=O) groups is 1. The molecule has 0 radical (unpaired) electrons. The van der Waals surface area contributed by atoms with Gasteiger partial charge in [0.1, 0.15) is 11.0 Å². The van der Waals surface area contributed by atoms with Crippen LogP contribution in [0.4, 0.5) is 0 Å². The Balaban J connectivity index is 1.99. The molecule has 0 fully saturated rings. The Bertz CT molecular complexity index is 796. The molecule has 2 aromatic rings. The summed E-state index contributed by atoms with van der Waals surface area (Å²) in [4.78, 5) is 12.1. The summed E-state index contributed by atoms with van der Waals surface area (Å²) in [6.07, 6.45) is 0. The second-order valence-electron chi connectivity index (χ2n) is 5.52. The van der Waals surface area contributed by atoms with Gasteiger partial charge in [0, 0.05) is 12.6 Å². The van der Waals surface area contributed by atoms with Gasteiger partial charge in [-0.3, -0.25) is 4.79 Å². The molecule has 1 amide bonds. The van der Waals surface area contributed by atoms with Crippen LogP contribution in [0.2, 0.25) is 0 Å². The first kappa shape index (κ1) is 17.2. The van der Waals surface area contributed by atoms with Crippen molar-refractivity contribution in [1.82, 2.24) is 10.5 Å². The number of amides is 1. The van der Waals surface area contributed by atoms with E-state index in [9.17, 15) is 13.2 Å². The molecule has 0 unspecified atom stereocenters. The Labute approximate surface area is 135 Å². The molecular weight excluding hydrogens is 316 g/mol. The number of benzene rings is 1. The van der Waals surface area contributed by atoms with Gasteiger partial charge in [0.2, 0.25) is 5.91 Å². The summed E-state index contributed by atoms with van der Waals surface area (Å²) in [6, 6.07) is 9.17. The maximum atomic E-state index is 12.3. The van der Waals surface area contributed by atoms with Crippen LogP contribution < -0.4 is 5.32 Å². The molecule has 1 heterocycles. The highest BCUT2D eigenvalue weighted by Gasteiger charge is 2.29. The third kappa shape index (κ3) is 4.41. The molecule has 23 heavy (non-hydrogen) atoms. The van der Waals surface area contributed by atoms with Crippen LogP contribution in [-0.2, 0) is 26.9 Å². The number of nitrogens with zero attached hydrogens (tertiary/aromatic N) is 1. The van der Waals surface area contributed by atoms with Crippen LogP contribution in [0.3, 0.4) is 0 Å². The van der Waals surface area contributed by atoms with E-state index in [4.69, 9.17) is 4.52 Å². The van der Waals surface area contributed by atoms with Crippen molar-refractivity contribution in [3.8, 4) is 0 Å². The summed E-state index contributed by atoms with van der Waals surface area (Å²) in [6.45, 7) is 5.31. The molecule has 0 saturated carbocycles. The predicted molar refractivity (Wildman–Crippen MR) is 86.4 cm³/mol. The van der Waals surface area contributed by atoms with Crippen LogP contribution in [0.5, 0.6) is 0 Å². The van der Waals surface area contributed by atoms with Crippen LogP contribution in [0.1, 0.15) is 29.5 Å². The van der Waals surface area contributed by atoms with E-state index in [0.717, 1.165) is 11.1 Å². The molecule has 0 bridgehead atoms. The van der Waals surface area contributed by atoms with Crippen LogP contribution in [-0.4, -0.2) is 24.7 Å². The Morgan fingerprint density at radius 1 is 1.30 bits per heavy atom. The summed E-state index contributed by atoms with van der Waals surface area (Å²) in [5.74, 6) is -0.302. The third-order valence-corrected chi connectivity index (χ3v) is 5.64. The van der Waals surface area contributed by atoms with Crippen LogP contribution in [0.15, 0.2) is 34.9 Å². The Morgan fingerprint density at radius 2 is 2.00 bits per heavy atom. The number of aromatic nitrogens is 1. The minimum absolute atomic E-state index is 0.300. The quantitative estimate of drug-likeness (QED) is 0.870. The van der Waals surface area contributed by atoms with E-state index < -0.39 is 21.0 Å². The lowest BCUT2D eigenvalue weighted by Gasteiger charge is -2.13. The largest absolute Gasteiger partial charge is 0.361 e. The lowest BCUT2D eigenvalue weighted by molar-refractivity contribution is -0.120. The minimum Gasteiger partial charge on any atom is -0.361 e. The highest BCUT2D eigenvalue weighted by atomic mass is 32.2. The second-order valence-corrected chi connectivity index (χ2v) is 7.84. The zero-order chi connectivity index (χ0) is 17.0. The Morgan fingerprint density at radius 3 is 2.61 bits per heavy atom. The minimum atomic E-state index is -3.65. The lowest BCUT2D eigenvalue weighted by Crippen LogP contribution is -2.38. The Kier molecular flexibility index (Phi) is 5.20. The van der Waals surface area contributed by atoms with E-state index in [1.54, 1.807) is 13.0 Å². The molecule has 1 atom stereocenters. The molecule has 1 aromatic heterocycles. The van der Waals surface area contributed by atoms with Gasteiger partial charge in [0.15, 0.2) is 9.84 Å². The number of rotatable bonds is 6. The van der Waals surface area contributed by atoms with E-state index in [-0.39, 0.29) is 5.75 Å². The van der Waals surface area contributed by atoms with E-state index in [0.29, 0.717) is 18.0 Å². The molecule has 0 aliphatic carbocycles. The van der Waals surface area contributed by atoms with Gasteiger partial charge in [0.25, 0.3) is 0 Å². The summed E-state index contributed by atoms with van der Waals surface area (Å²) >= 11 is 0. The average molecular weight is 336 g/mol. The number of carbonyl (C=O) groups excluding carboxylic acids is 1. The summed E-state index contributed by atoms with van der Waals surface area (Å²) in [5, 5.41) is 5.19. The molecule has 1 aromatic carbocycles. The number of sulfone groups is 1. The van der Waals surface area contributed by atoms with Crippen molar-refractivity contribution in [2.75, 3.05) is 0 Å². The molecule has 0 saturated heterocycles. The maximum absolute atomic E-state index is 12.3. The molecule has 1 N–H and O–H groups in total. The van der Waals surface area contributed by atoms with Gasteiger partial charge in [-0.25, -0.2) is 8.42 Å². The first-order valence-corrected chi connectivity index (χ1v) is 8.97. The lowest BCUT2D eigenvalue weighted by atomic mass is 10.1. The molecule has 7 heteroatoms. The fourth-order valence-corrected chi connectivity index (χ4v) is 3.32. The van der Waals surface area contributed by atoms with Gasteiger partial charge in [-0.05, 0) is 31.9 Å². The zero-order valence-corrected chi connectivity index (χ0v) is 14.2. The zero-order valence-electron chi connectivity index (χ0n) is 13.4. The van der Waals surface area contributed by atoms with Crippen molar-refractivity contribution in [3.63, 3.8) is 0 Å². The van der Waals surface area contributed by atoms with Crippen molar-refractivity contribution >= 4 is 15.7 Å². The van der Waals surface area contributed by atoms with Crippen LogP contribution in [0, 0.1) is 13.8 Å². The number of nitrogens with one attached hydrogen (secondary N) is 1. The predicted octanol–water partition coefficient (Wildman–Crippen LogP) is 1.91. The molecule has 0 spiro atoms. The molecule has 2 rings (SSSR count). The van der Waals surface area contributed by atoms with Gasteiger partial charge in [-0.1, -0.05) is 29.4 Å². The topological polar surface area (TPSA) is 89.3 Å². The van der Waals surface area contributed by atoms with E-state index in [2.05, 4.69) is 10.5 Å². The summed E-state index contributed by atoms with van der Waals surface area (Å²) < 4.78 is 29.4. The monoisotopic (exact) mass is 336 g/mol. The van der Waals surface area contributed by atoms with E-state index in [1.165, 1.54) is 6.92 Å². The summed E-state index contributed by atoms with van der Waals surface area (Å²) in [7, 11) is -3.65. The van der Waals surface area contributed by atoms with Crippen LogP contribution in [0.25, 0.3) is 0 Å². The number of hydrogen-bond donors (Lipinski definition) is 1. The van der Waals surface area contributed by atoms with E-state index in [1.807, 2.05) is 31.2 Å². The molecule has 124 valence electrons. The molecular formula is C16H20N2O4S. The molecule has 6 nitrogen and oxygen atoms in total. The molecule has 0 aliphatic heterocycles. The van der Waals surface area contributed by atoms with Crippen molar-refractivity contribution in [2.45, 2.75) is 38.3 Å². The standard InChI is InChI=1S/C16H20N2O4S/c1-11-6-4-5-7-14(11)9-17-16(19)13(3)23(20,21)10-15-8-12(2)22-18-15/h4-8,13H,9-10H2,1-3H3,(H,17,19)/t13-/m1/s1. The van der Waals surface area contributed by atoms with Gasteiger partial charge < -0.3 is 9.84 Å². The smallest absolute Gasteiger partial charge is 0.238 e. The maximum Gasteiger partial charge on any atom is 0.238 e. The number of hydrogen-bond acceptors (Lipinski definition) is 5. The highest BCUT2D eigenvalue weighted by molar-refractivity contribution is 7.92. The van der Waals surface area contributed by atoms with Crippen molar-refractivity contribution in [3.05, 3.63) is 52.9 Å². The third-order valence-electron chi connectivity index (χ3n) is 3.65. The fraction of sp³-hybridized carbons (Fsp3) is 0.375. The average Bonchev–Trinajstić information content (AvgIpc) is 2.89. The SMILES string of the molecule is Cc1cc(CS(=O)(=O)[C@H](C)C(=O)NCc2ccccc2C)no1. The van der Waals surface area contributed by atoms with Crippen LogP contribution >= 0.6 is 0 Å². The van der Waals surface area contributed by atoms with Gasteiger partial charge in [-0.2, -0.15) is 0 Å².